The highest BCUT2D eigenvalue weighted by Crippen LogP contribution is 2.22. The lowest BCUT2D eigenvalue weighted by Crippen LogP contribution is -2.42. The molecule has 0 unspecified atom stereocenters. The number of imide groups is 1. The Bertz CT molecular complexity index is 567. The topological polar surface area (TPSA) is 74.7 Å². The van der Waals surface area contributed by atoms with Crippen LogP contribution in [0.4, 0.5) is 4.39 Å². The molecule has 0 bridgehead atoms. The van der Waals surface area contributed by atoms with Crippen LogP contribution >= 0.6 is 0 Å². The number of carboxylic acid groups (broad SMARTS) is 1. The fourth-order valence-corrected chi connectivity index (χ4v) is 2.20. The second kappa shape index (κ2) is 5.40. The van der Waals surface area contributed by atoms with Crippen molar-refractivity contribution in [3.8, 4) is 0 Å². The van der Waals surface area contributed by atoms with Crippen LogP contribution in [-0.4, -0.2) is 27.8 Å². The molecule has 1 aromatic rings. The highest BCUT2D eigenvalue weighted by atomic mass is 19.1. The van der Waals surface area contributed by atoms with E-state index in [4.69, 9.17) is 5.11 Å². The van der Waals surface area contributed by atoms with Crippen LogP contribution < -0.4 is 0 Å². The fourth-order valence-electron chi connectivity index (χ4n) is 2.20. The van der Waals surface area contributed by atoms with Gasteiger partial charge in [-0.15, -0.1) is 0 Å². The molecule has 1 aromatic carbocycles. The van der Waals surface area contributed by atoms with Gasteiger partial charge < -0.3 is 5.11 Å². The van der Waals surface area contributed by atoms with Crippen LogP contribution in [0.3, 0.4) is 0 Å². The van der Waals surface area contributed by atoms with Gasteiger partial charge in [0.15, 0.2) is 0 Å². The second-order valence-corrected chi connectivity index (χ2v) is 5.00. The number of hydrogen-bond acceptors (Lipinski definition) is 3. The summed E-state index contributed by atoms with van der Waals surface area (Å²) in [7, 11) is 0. The van der Waals surface area contributed by atoms with Gasteiger partial charge in [0, 0.05) is 18.4 Å². The summed E-state index contributed by atoms with van der Waals surface area (Å²) in [6.45, 7) is 1.58. The molecular weight excluding hydrogens is 265 g/mol. The van der Waals surface area contributed by atoms with Crippen LogP contribution in [0.2, 0.25) is 0 Å². The predicted octanol–water partition coefficient (Wildman–Crippen LogP) is 1.81. The number of piperidine rings is 1. The van der Waals surface area contributed by atoms with Crippen LogP contribution in [0, 0.1) is 11.7 Å². The van der Waals surface area contributed by atoms with Gasteiger partial charge in [0.1, 0.15) is 5.82 Å². The number of aromatic carboxylic acids is 1. The summed E-state index contributed by atoms with van der Waals surface area (Å²) in [4.78, 5) is 35.5. The Hall–Kier alpha value is -2.24. The van der Waals surface area contributed by atoms with Gasteiger partial charge in [-0.05, 0) is 24.1 Å². The Morgan fingerprint density at radius 1 is 1.35 bits per heavy atom. The maximum atomic E-state index is 13.7. The molecule has 2 amide bonds. The summed E-state index contributed by atoms with van der Waals surface area (Å²) in [5.41, 5.74) is -0.0483. The molecule has 1 N–H and O–H groups in total. The van der Waals surface area contributed by atoms with E-state index in [1.807, 2.05) is 0 Å². The van der Waals surface area contributed by atoms with Crippen molar-refractivity contribution in [2.24, 2.45) is 5.92 Å². The Morgan fingerprint density at radius 3 is 2.50 bits per heavy atom. The SMILES string of the molecule is CC1CC(=O)N(Cc2cc(C(=O)O)ccc2F)C(=O)C1. The van der Waals surface area contributed by atoms with Crippen molar-refractivity contribution in [3.63, 3.8) is 0 Å². The van der Waals surface area contributed by atoms with Crippen molar-refractivity contribution in [1.29, 1.82) is 0 Å². The molecule has 0 spiro atoms. The smallest absolute Gasteiger partial charge is 0.335 e. The van der Waals surface area contributed by atoms with Crippen molar-refractivity contribution < 1.29 is 23.9 Å². The minimum Gasteiger partial charge on any atom is -0.478 e. The maximum absolute atomic E-state index is 13.7. The average molecular weight is 279 g/mol. The van der Waals surface area contributed by atoms with Crippen molar-refractivity contribution >= 4 is 17.8 Å². The Balaban J connectivity index is 2.25. The standard InChI is InChI=1S/C14H14FNO4/c1-8-4-12(17)16(13(18)5-8)7-10-6-9(14(19)20)2-3-11(10)15/h2-3,6,8H,4-5,7H2,1H3,(H,19,20). The molecule has 20 heavy (non-hydrogen) atoms. The van der Waals surface area contributed by atoms with Gasteiger partial charge in [-0.2, -0.15) is 0 Å². The largest absolute Gasteiger partial charge is 0.478 e. The quantitative estimate of drug-likeness (QED) is 0.856. The minimum absolute atomic E-state index is 0.0125. The number of likely N-dealkylation sites (tertiary alicyclic amines) is 1. The summed E-state index contributed by atoms with van der Waals surface area (Å²) < 4.78 is 13.7. The molecule has 2 rings (SSSR count). The monoisotopic (exact) mass is 279 g/mol. The fraction of sp³-hybridized carbons (Fsp3) is 0.357. The molecule has 0 radical (unpaired) electrons. The third kappa shape index (κ3) is 2.84. The van der Waals surface area contributed by atoms with Crippen LogP contribution in [0.1, 0.15) is 35.7 Å². The normalized spacial score (nSPS) is 16.6. The zero-order valence-corrected chi connectivity index (χ0v) is 10.9. The molecule has 0 atom stereocenters. The van der Waals surface area contributed by atoms with Crippen LogP contribution in [-0.2, 0) is 16.1 Å². The van der Waals surface area contributed by atoms with E-state index in [1.54, 1.807) is 6.92 Å². The van der Waals surface area contributed by atoms with Gasteiger partial charge in [-0.1, -0.05) is 6.92 Å². The van der Waals surface area contributed by atoms with Gasteiger partial charge in [-0.3, -0.25) is 14.5 Å². The first-order chi connectivity index (χ1) is 9.38. The highest BCUT2D eigenvalue weighted by molar-refractivity contribution is 5.97. The molecular formula is C14H14FNO4. The predicted molar refractivity (Wildman–Crippen MR) is 67.3 cm³/mol. The van der Waals surface area contributed by atoms with E-state index in [2.05, 4.69) is 0 Å². The summed E-state index contributed by atoms with van der Waals surface area (Å²) in [6, 6.07) is 3.32. The number of carbonyl (C=O) groups is 3. The zero-order valence-electron chi connectivity index (χ0n) is 10.9. The number of halogens is 1. The van der Waals surface area contributed by atoms with Gasteiger partial charge in [0.2, 0.25) is 11.8 Å². The number of nitrogens with zero attached hydrogens (tertiary/aromatic N) is 1. The van der Waals surface area contributed by atoms with Gasteiger partial charge in [0.05, 0.1) is 12.1 Å². The second-order valence-electron chi connectivity index (χ2n) is 5.00. The van der Waals surface area contributed by atoms with Gasteiger partial charge in [0.25, 0.3) is 0 Å². The van der Waals surface area contributed by atoms with E-state index in [0.29, 0.717) is 0 Å². The molecule has 6 heteroatoms. The number of hydrogen-bond donors (Lipinski definition) is 1. The van der Waals surface area contributed by atoms with E-state index < -0.39 is 11.8 Å². The van der Waals surface area contributed by atoms with Crippen molar-refractivity contribution in [2.45, 2.75) is 26.3 Å². The van der Waals surface area contributed by atoms with Gasteiger partial charge in [-0.25, -0.2) is 9.18 Å². The van der Waals surface area contributed by atoms with E-state index in [0.717, 1.165) is 23.1 Å². The third-order valence-corrected chi connectivity index (χ3v) is 3.27. The Morgan fingerprint density at radius 2 is 1.95 bits per heavy atom. The molecule has 1 aliphatic heterocycles. The Labute approximate surface area is 115 Å². The first-order valence-corrected chi connectivity index (χ1v) is 6.23. The Kier molecular flexibility index (Phi) is 3.83. The van der Waals surface area contributed by atoms with Crippen molar-refractivity contribution in [1.82, 2.24) is 4.90 Å². The van der Waals surface area contributed by atoms with E-state index in [9.17, 15) is 18.8 Å². The average Bonchev–Trinajstić information content (AvgIpc) is 2.35. The van der Waals surface area contributed by atoms with E-state index in [1.165, 1.54) is 0 Å². The van der Waals surface area contributed by atoms with Crippen molar-refractivity contribution in [2.75, 3.05) is 0 Å². The molecule has 1 fully saturated rings. The number of benzene rings is 1. The van der Waals surface area contributed by atoms with Gasteiger partial charge >= 0.3 is 5.97 Å². The number of amides is 2. The summed E-state index contributed by atoms with van der Waals surface area (Å²) in [5, 5.41) is 8.87. The highest BCUT2D eigenvalue weighted by Gasteiger charge is 2.30. The number of rotatable bonds is 3. The first kappa shape index (κ1) is 14.2. The van der Waals surface area contributed by atoms with Crippen LogP contribution in [0.25, 0.3) is 0 Å². The molecule has 106 valence electrons. The molecule has 0 aliphatic carbocycles. The minimum atomic E-state index is -1.18. The molecule has 0 saturated carbocycles. The number of carbonyl (C=O) groups excluding carboxylic acids is 2. The summed E-state index contributed by atoms with van der Waals surface area (Å²) in [6.07, 6.45) is 0.484. The molecule has 5 nitrogen and oxygen atoms in total. The van der Waals surface area contributed by atoms with Crippen LogP contribution in [0.15, 0.2) is 18.2 Å². The number of carboxylic acids is 1. The van der Waals surface area contributed by atoms with E-state index >= 15 is 0 Å². The molecule has 0 aromatic heterocycles. The zero-order chi connectivity index (χ0) is 14.9. The molecule has 1 saturated heterocycles. The molecule has 1 aliphatic rings. The van der Waals surface area contributed by atoms with Crippen molar-refractivity contribution in [3.05, 3.63) is 35.1 Å². The lowest BCUT2D eigenvalue weighted by atomic mass is 9.97. The third-order valence-electron chi connectivity index (χ3n) is 3.27. The molecule has 1 heterocycles. The lowest BCUT2D eigenvalue weighted by Gasteiger charge is -2.28. The summed E-state index contributed by atoms with van der Waals surface area (Å²) in [5.74, 6) is -2.53. The maximum Gasteiger partial charge on any atom is 0.335 e. The first-order valence-electron chi connectivity index (χ1n) is 6.23. The lowest BCUT2D eigenvalue weighted by molar-refractivity contribution is -0.150. The van der Waals surface area contributed by atoms with Crippen LogP contribution in [0.5, 0.6) is 0 Å². The van der Waals surface area contributed by atoms with E-state index in [-0.39, 0.29) is 48.2 Å². The summed E-state index contributed by atoms with van der Waals surface area (Å²) >= 11 is 0.